The number of ether oxygens (including phenoxy) is 1. The van der Waals surface area contributed by atoms with Crippen molar-refractivity contribution in [1.29, 1.82) is 0 Å². The molecule has 0 unspecified atom stereocenters. The quantitative estimate of drug-likeness (QED) is 0.636. The van der Waals surface area contributed by atoms with Crippen LogP contribution in [-0.2, 0) is 22.1 Å². The van der Waals surface area contributed by atoms with Gasteiger partial charge >= 0.3 is 12.1 Å². The molecule has 0 aromatic heterocycles. The van der Waals surface area contributed by atoms with Gasteiger partial charge in [-0.1, -0.05) is 6.07 Å². The first kappa shape index (κ1) is 14.3. The van der Waals surface area contributed by atoms with Gasteiger partial charge in [-0.15, -0.1) is 0 Å². The van der Waals surface area contributed by atoms with E-state index in [1.54, 1.807) is 0 Å². The lowest BCUT2D eigenvalue weighted by molar-refractivity contribution is -0.142. The molecule has 4 nitrogen and oxygen atoms in total. The SMILES string of the molecule is COC(=O)[C@@H](N)Cc1ccc(N)c(C(F)(F)F)c1. The molecule has 0 bridgehead atoms. The molecule has 18 heavy (non-hydrogen) atoms. The number of carbonyl (C=O) groups excluding carboxylic acids is 1. The first-order chi connectivity index (χ1) is 8.25. The zero-order chi connectivity index (χ0) is 13.9. The van der Waals surface area contributed by atoms with Gasteiger partial charge in [0.1, 0.15) is 6.04 Å². The average molecular weight is 262 g/mol. The van der Waals surface area contributed by atoms with Crippen LogP contribution in [0.5, 0.6) is 0 Å². The Bertz CT molecular complexity index is 446. The predicted octanol–water partition coefficient (Wildman–Crippen LogP) is 1.33. The van der Waals surface area contributed by atoms with Crippen LogP contribution in [0.25, 0.3) is 0 Å². The summed E-state index contributed by atoms with van der Waals surface area (Å²) in [5, 5.41) is 0. The molecule has 7 heteroatoms. The van der Waals surface area contributed by atoms with Crippen LogP contribution in [0.15, 0.2) is 18.2 Å². The molecular formula is C11H13F3N2O2. The zero-order valence-corrected chi connectivity index (χ0v) is 9.62. The standard InChI is InChI=1S/C11H13F3N2O2/c1-18-10(17)9(16)5-6-2-3-8(15)7(4-6)11(12,13)14/h2-4,9H,5,15-16H2,1H3/t9-/m0/s1. The topological polar surface area (TPSA) is 78.3 Å². The van der Waals surface area contributed by atoms with Gasteiger partial charge in [0.05, 0.1) is 12.7 Å². The maximum absolute atomic E-state index is 12.6. The van der Waals surface area contributed by atoms with E-state index in [-0.39, 0.29) is 17.7 Å². The number of anilines is 1. The van der Waals surface area contributed by atoms with Gasteiger partial charge in [0.25, 0.3) is 0 Å². The molecule has 1 rings (SSSR count). The lowest BCUT2D eigenvalue weighted by Crippen LogP contribution is -2.33. The number of carbonyl (C=O) groups is 1. The number of methoxy groups -OCH3 is 1. The van der Waals surface area contributed by atoms with Crippen molar-refractivity contribution in [3.63, 3.8) is 0 Å². The van der Waals surface area contributed by atoms with Crippen molar-refractivity contribution < 1.29 is 22.7 Å². The first-order valence-electron chi connectivity index (χ1n) is 5.04. The first-order valence-corrected chi connectivity index (χ1v) is 5.04. The van der Waals surface area contributed by atoms with Crippen molar-refractivity contribution in [1.82, 2.24) is 0 Å². The van der Waals surface area contributed by atoms with Gasteiger partial charge in [-0.3, -0.25) is 4.79 Å². The second-order valence-corrected chi connectivity index (χ2v) is 3.75. The summed E-state index contributed by atoms with van der Waals surface area (Å²) in [5.41, 5.74) is 9.70. The molecule has 0 aliphatic rings. The molecule has 0 saturated carbocycles. The van der Waals surface area contributed by atoms with Gasteiger partial charge in [0.2, 0.25) is 0 Å². The lowest BCUT2D eigenvalue weighted by Gasteiger charge is -2.13. The summed E-state index contributed by atoms with van der Waals surface area (Å²) in [6.07, 6.45) is -4.58. The largest absolute Gasteiger partial charge is 0.468 e. The third-order valence-electron chi connectivity index (χ3n) is 2.38. The second kappa shape index (κ2) is 5.26. The summed E-state index contributed by atoms with van der Waals surface area (Å²) in [6, 6.07) is 2.42. The van der Waals surface area contributed by atoms with E-state index in [0.717, 1.165) is 19.2 Å². The summed E-state index contributed by atoms with van der Waals surface area (Å²) in [6.45, 7) is 0. The average Bonchev–Trinajstić information content (AvgIpc) is 2.29. The van der Waals surface area contributed by atoms with Crippen LogP contribution in [0, 0.1) is 0 Å². The van der Waals surface area contributed by atoms with Gasteiger partial charge in [0, 0.05) is 5.69 Å². The van der Waals surface area contributed by atoms with Crippen molar-refractivity contribution in [3.05, 3.63) is 29.3 Å². The number of esters is 1. The van der Waals surface area contributed by atoms with Crippen LogP contribution >= 0.6 is 0 Å². The van der Waals surface area contributed by atoms with Crippen molar-refractivity contribution in [2.24, 2.45) is 5.73 Å². The molecular weight excluding hydrogens is 249 g/mol. The highest BCUT2D eigenvalue weighted by Gasteiger charge is 2.33. The van der Waals surface area contributed by atoms with E-state index in [0.29, 0.717) is 0 Å². The number of benzene rings is 1. The number of nitrogen functional groups attached to an aromatic ring is 1. The molecule has 0 amide bonds. The van der Waals surface area contributed by atoms with Crippen molar-refractivity contribution in [3.8, 4) is 0 Å². The van der Waals surface area contributed by atoms with Gasteiger partial charge in [-0.2, -0.15) is 13.2 Å². The molecule has 100 valence electrons. The van der Waals surface area contributed by atoms with E-state index in [1.165, 1.54) is 6.07 Å². The van der Waals surface area contributed by atoms with E-state index in [9.17, 15) is 18.0 Å². The molecule has 0 aliphatic heterocycles. The Kier molecular flexibility index (Phi) is 4.18. The van der Waals surface area contributed by atoms with Crippen LogP contribution in [0.1, 0.15) is 11.1 Å². The Morgan fingerprint density at radius 1 is 1.44 bits per heavy atom. The molecule has 1 atom stereocenters. The number of nitrogens with two attached hydrogens (primary N) is 2. The normalized spacial score (nSPS) is 13.2. The van der Waals surface area contributed by atoms with Crippen LogP contribution in [-0.4, -0.2) is 19.1 Å². The monoisotopic (exact) mass is 262 g/mol. The van der Waals surface area contributed by atoms with Gasteiger partial charge in [-0.05, 0) is 24.1 Å². The van der Waals surface area contributed by atoms with Crippen LogP contribution in [0.4, 0.5) is 18.9 Å². The molecule has 0 fully saturated rings. The van der Waals surface area contributed by atoms with E-state index in [1.807, 2.05) is 0 Å². The molecule has 0 spiro atoms. The van der Waals surface area contributed by atoms with Gasteiger partial charge < -0.3 is 16.2 Å². The minimum atomic E-state index is -4.53. The Morgan fingerprint density at radius 3 is 2.56 bits per heavy atom. The summed E-state index contributed by atoms with van der Waals surface area (Å²) >= 11 is 0. The van der Waals surface area contributed by atoms with Gasteiger partial charge in [-0.25, -0.2) is 0 Å². The maximum Gasteiger partial charge on any atom is 0.418 e. The third-order valence-corrected chi connectivity index (χ3v) is 2.38. The van der Waals surface area contributed by atoms with Crippen molar-refractivity contribution >= 4 is 11.7 Å². The van der Waals surface area contributed by atoms with Crippen LogP contribution < -0.4 is 11.5 Å². The van der Waals surface area contributed by atoms with Crippen LogP contribution in [0.2, 0.25) is 0 Å². The van der Waals surface area contributed by atoms with E-state index in [2.05, 4.69) is 4.74 Å². The fourth-order valence-corrected chi connectivity index (χ4v) is 1.46. The number of hydrogen-bond donors (Lipinski definition) is 2. The number of hydrogen-bond acceptors (Lipinski definition) is 4. The van der Waals surface area contributed by atoms with Crippen LogP contribution in [0.3, 0.4) is 0 Å². The fraction of sp³-hybridized carbons (Fsp3) is 0.364. The Balaban J connectivity index is 2.96. The molecule has 0 saturated heterocycles. The minimum Gasteiger partial charge on any atom is -0.468 e. The number of halogens is 3. The molecule has 1 aromatic rings. The zero-order valence-electron chi connectivity index (χ0n) is 9.62. The summed E-state index contributed by atoms with van der Waals surface area (Å²) in [5.74, 6) is -0.680. The number of rotatable bonds is 3. The van der Waals surface area contributed by atoms with E-state index in [4.69, 9.17) is 11.5 Å². The molecule has 0 heterocycles. The molecule has 4 N–H and O–H groups in total. The Hall–Kier alpha value is -1.76. The Labute approximate surface area is 102 Å². The predicted molar refractivity (Wildman–Crippen MR) is 59.6 cm³/mol. The highest BCUT2D eigenvalue weighted by atomic mass is 19.4. The van der Waals surface area contributed by atoms with Gasteiger partial charge in [0.15, 0.2) is 0 Å². The Morgan fingerprint density at radius 2 is 2.06 bits per heavy atom. The smallest absolute Gasteiger partial charge is 0.418 e. The fourth-order valence-electron chi connectivity index (χ4n) is 1.46. The highest BCUT2D eigenvalue weighted by Crippen LogP contribution is 2.34. The summed E-state index contributed by atoms with van der Waals surface area (Å²) in [4.78, 5) is 11.1. The number of alkyl halides is 3. The molecule has 0 radical (unpaired) electrons. The molecule has 1 aromatic carbocycles. The van der Waals surface area contributed by atoms with E-state index >= 15 is 0 Å². The second-order valence-electron chi connectivity index (χ2n) is 3.75. The molecule has 0 aliphatic carbocycles. The maximum atomic E-state index is 12.6. The third kappa shape index (κ3) is 3.36. The van der Waals surface area contributed by atoms with E-state index < -0.39 is 23.8 Å². The highest BCUT2D eigenvalue weighted by molar-refractivity contribution is 5.75. The minimum absolute atomic E-state index is 0.0456. The summed E-state index contributed by atoms with van der Waals surface area (Å²) in [7, 11) is 1.16. The summed E-state index contributed by atoms with van der Waals surface area (Å²) < 4.78 is 42.2. The lowest BCUT2D eigenvalue weighted by atomic mass is 10.0. The van der Waals surface area contributed by atoms with Crippen molar-refractivity contribution in [2.45, 2.75) is 18.6 Å². The van der Waals surface area contributed by atoms with Crippen molar-refractivity contribution in [2.75, 3.05) is 12.8 Å².